The van der Waals surface area contributed by atoms with E-state index in [1.165, 1.54) is 11.3 Å². The molecule has 3 rings (SSSR count). The standard InChI is InChI=1S/C11H13BrN2O.C8H15NO2/c12-7-4-8-9(13)5-11(2-1-3-11)15-10(8)14-6-7;1-5-6-9(7(10)11)8(2,3)4/h4,6,9H,1-3,5,13H2;5H,1,6H2,2-4H3,(H,10,11)/p-1/t9-;/m0./s1. The van der Waals surface area contributed by atoms with Crippen molar-refractivity contribution >= 4 is 22.0 Å². The van der Waals surface area contributed by atoms with Crippen LogP contribution in [0, 0.1) is 0 Å². The van der Waals surface area contributed by atoms with Crippen LogP contribution in [-0.2, 0) is 0 Å². The predicted octanol–water partition coefficient (Wildman–Crippen LogP) is 3.17. The molecule has 0 aromatic carbocycles. The van der Waals surface area contributed by atoms with Crippen molar-refractivity contribution in [1.29, 1.82) is 0 Å². The maximum atomic E-state index is 10.5. The Morgan fingerprint density at radius 3 is 2.65 bits per heavy atom. The molecule has 1 spiro atoms. The van der Waals surface area contributed by atoms with Gasteiger partial charge in [0, 0.05) is 40.8 Å². The van der Waals surface area contributed by atoms with Gasteiger partial charge in [-0.2, -0.15) is 0 Å². The van der Waals surface area contributed by atoms with Crippen molar-refractivity contribution in [3.63, 3.8) is 0 Å². The number of fused-ring (bicyclic) bond motifs is 1. The molecule has 0 unspecified atom stereocenters. The highest BCUT2D eigenvalue weighted by Gasteiger charge is 2.45. The average Bonchev–Trinajstić information content (AvgIpc) is 2.51. The molecular formula is C19H27BrN3O3-. The zero-order chi connectivity index (χ0) is 19.5. The Kier molecular flexibility index (Phi) is 6.34. The van der Waals surface area contributed by atoms with Crippen LogP contribution in [0.15, 0.2) is 29.4 Å². The van der Waals surface area contributed by atoms with Crippen molar-refractivity contribution in [2.75, 3.05) is 6.54 Å². The fourth-order valence-corrected chi connectivity index (χ4v) is 3.53. The Hall–Kier alpha value is -1.60. The normalized spacial score (nSPS) is 20.0. The summed E-state index contributed by atoms with van der Waals surface area (Å²) in [6, 6.07) is 2.08. The first-order chi connectivity index (χ1) is 12.1. The summed E-state index contributed by atoms with van der Waals surface area (Å²) < 4.78 is 6.93. The van der Waals surface area contributed by atoms with E-state index in [9.17, 15) is 9.90 Å². The molecule has 2 N–H and O–H groups in total. The van der Waals surface area contributed by atoms with Crippen molar-refractivity contribution in [3.05, 3.63) is 35.0 Å². The van der Waals surface area contributed by atoms with E-state index < -0.39 is 11.6 Å². The SMILES string of the molecule is C=CCN(C(=O)[O-])C(C)(C)C.N[C@H]1CC2(CCC2)Oc2ncc(Br)cc21. The quantitative estimate of drug-likeness (QED) is 0.735. The van der Waals surface area contributed by atoms with Crippen LogP contribution in [0.2, 0.25) is 0 Å². The molecule has 1 aliphatic heterocycles. The van der Waals surface area contributed by atoms with Gasteiger partial charge in [-0.05, 0) is 62.0 Å². The molecule has 0 bridgehead atoms. The van der Waals surface area contributed by atoms with Crippen LogP contribution in [0.4, 0.5) is 4.79 Å². The van der Waals surface area contributed by atoms with E-state index in [-0.39, 0.29) is 11.6 Å². The Bertz CT molecular complexity index is 668. The molecule has 1 saturated carbocycles. The van der Waals surface area contributed by atoms with E-state index in [2.05, 4.69) is 27.5 Å². The van der Waals surface area contributed by atoms with Crippen molar-refractivity contribution in [2.24, 2.45) is 5.73 Å². The van der Waals surface area contributed by atoms with Crippen LogP contribution >= 0.6 is 15.9 Å². The van der Waals surface area contributed by atoms with E-state index in [1.807, 2.05) is 26.8 Å². The Labute approximate surface area is 163 Å². The minimum Gasteiger partial charge on any atom is -0.530 e. The topological polar surface area (TPSA) is 91.5 Å². The number of nitrogens with two attached hydrogens (primary N) is 1. The fraction of sp³-hybridized carbons (Fsp3) is 0.579. The van der Waals surface area contributed by atoms with Crippen molar-refractivity contribution in [3.8, 4) is 5.88 Å². The molecule has 1 atom stereocenters. The number of carbonyl (C=O) groups is 1. The lowest BCUT2D eigenvalue weighted by Gasteiger charge is -2.46. The van der Waals surface area contributed by atoms with E-state index in [1.54, 1.807) is 12.3 Å². The van der Waals surface area contributed by atoms with E-state index in [0.29, 0.717) is 6.54 Å². The van der Waals surface area contributed by atoms with E-state index in [0.717, 1.165) is 35.2 Å². The van der Waals surface area contributed by atoms with Crippen LogP contribution in [0.1, 0.15) is 58.1 Å². The highest BCUT2D eigenvalue weighted by molar-refractivity contribution is 9.10. The molecule has 1 fully saturated rings. The van der Waals surface area contributed by atoms with Gasteiger partial charge in [-0.3, -0.25) is 0 Å². The predicted molar refractivity (Wildman–Crippen MR) is 103 cm³/mol. The third-order valence-corrected chi connectivity index (χ3v) is 5.19. The van der Waals surface area contributed by atoms with Gasteiger partial charge in [0.05, 0.1) is 0 Å². The molecule has 144 valence electrons. The molecule has 0 radical (unpaired) electrons. The summed E-state index contributed by atoms with van der Waals surface area (Å²) in [6.07, 6.45) is 6.58. The van der Waals surface area contributed by atoms with Gasteiger partial charge in [-0.25, -0.2) is 4.98 Å². The van der Waals surface area contributed by atoms with Crippen LogP contribution in [0.3, 0.4) is 0 Å². The smallest absolute Gasteiger partial charge is 0.218 e. The number of carbonyl (C=O) groups excluding carboxylic acids is 1. The summed E-state index contributed by atoms with van der Waals surface area (Å²) in [5, 5.41) is 10.5. The molecule has 1 aliphatic carbocycles. The fourth-order valence-electron chi connectivity index (χ4n) is 3.18. The average molecular weight is 425 g/mol. The van der Waals surface area contributed by atoms with Gasteiger partial charge >= 0.3 is 0 Å². The summed E-state index contributed by atoms with van der Waals surface area (Å²) >= 11 is 3.40. The largest absolute Gasteiger partial charge is 0.530 e. The Morgan fingerprint density at radius 2 is 2.23 bits per heavy atom. The van der Waals surface area contributed by atoms with Crippen molar-refractivity contribution in [1.82, 2.24) is 9.88 Å². The second-order valence-electron chi connectivity index (χ2n) is 7.83. The van der Waals surface area contributed by atoms with Crippen molar-refractivity contribution < 1.29 is 14.6 Å². The number of carboxylic acid groups (broad SMARTS) is 1. The number of aromatic nitrogens is 1. The number of halogens is 1. The van der Waals surface area contributed by atoms with Crippen LogP contribution in [-0.4, -0.2) is 33.7 Å². The molecule has 26 heavy (non-hydrogen) atoms. The number of pyridine rings is 1. The number of hydrogen-bond donors (Lipinski definition) is 1. The van der Waals surface area contributed by atoms with Crippen LogP contribution in [0.5, 0.6) is 5.88 Å². The zero-order valence-electron chi connectivity index (χ0n) is 15.6. The third kappa shape index (κ3) is 4.76. The maximum absolute atomic E-state index is 10.5. The summed E-state index contributed by atoms with van der Waals surface area (Å²) in [7, 11) is 0. The Morgan fingerprint density at radius 1 is 1.58 bits per heavy atom. The van der Waals surface area contributed by atoms with Gasteiger partial charge in [-0.1, -0.05) is 6.08 Å². The molecular weight excluding hydrogens is 398 g/mol. The van der Waals surface area contributed by atoms with Crippen molar-refractivity contribution in [2.45, 2.75) is 63.6 Å². The van der Waals surface area contributed by atoms with Gasteiger partial charge in [-0.15, -0.1) is 6.58 Å². The van der Waals surface area contributed by atoms with Gasteiger partial charge in [0.1, 0.15) is 11.7 Å². The highest BCUT2D eigenvalue weighted by atomic mass is 79.9. The molecule has 0 saturated heterocycles. The molecule has 6 nitrogen and oxygen atoms in total. The monoisotopic (exact) mass is 424 g/mol. The van der Waals surface area contributed by atoms with Gasteiger partial charge in [0.25, 0.3) is 0 Å². The first-order valence-electron chi connectivity index (χ1n) is 8.77. The van der Waals surface area contributed by atoms with Crippen LogP contribution < -0.4 is 15.6 Å². The highest BCUT2D eigenvalue weighted by Crippen LogP contribution is 2.47. The molecule has 1 aromatic rings. The number of ether oxygens (including phenoxy) is 1. The molecule has 1 aromatic heterocycles. The molecule has 7 heteroatoms. The first-order valence-corrected chi connectivity index (χ1v) is 9.57. The second kappa shape index (κ2) is 7.96. The molecule has 1 amide bonds. The molecule has 2 aliphatic rings. The lowest BCUT2D eigenvalue weighted by atomic mass is 9.73. The molecule has 2 heterocycles. The number of rotatable bonds is 2. The van der Waals surface area contributed by atoms with E-state index >= 15 is 0 Å². The summed E-state index contributed by atoms with van der Waals surface area (Å²) in [5.41, 5.74) is 6.79. The number of nitrogens with zero attached hydrogens (tertiary/aromatic N) is 2. The van der Waals surface area contributed by atoms with Crippen LogP contribution in [0.25, 0.3) is 0 Å². The van der Waals surface area contributed by atoms with Gasteiger partial charge in [0.2, 0.25) is 5.88 Å². The van der Waals surface area contributed by atoms with Gasteiger partial charge in [0.15, 0.2) is 0 Å². The lowest BCUT2D eigenvalue weighted by Crippen LogP contribution is -2.51. The second-order valence-corrected chi connectivity index (χ2v) is 8.75. The lowest BCUT2D eigenvalue weighted by molar-refractivity contribution is -0.269. The first kappa shape index (κ1) is 20.7. The minimum atomic E-state index is -1.16. The van der Waals surface area contributed by atoms with E-state index in [4.69, 9.17) is 10.5 Å². The Balaban J connectivity index is 0.000000199. The third-order valence-electron chi connectivity index (χ3n) is 4.76. The summed E-state index contributed by atoms with van der Waals surface area (Å²) in [6.45, 7) is 9.21. The summed E-state index contributed by atoms with van der Waals surface area (Å²) in [5.74, 6) is 0.733. The van der Waals surface area contributed by atoms with Gasteiger partial charge < -0.3 is 25.3 Å². The minimum absolute atomic E-state index is 0.00719. The number of amides is 1. The summed E-state index contributed by atoms with van der Waals surface area (Å²) in [4.78, 5) is 16.0. The maximum Gasteiger partial charge on any atom is 0.218 e. The zero-order valence-corrected chi connectivity index (χ0v) is 17.2. The number of hydrogen-bond acceptors (Lipinski definition) is 5.